The molecule has 4 nitrogen and oxygen atoms in total. The summed E-state index contributed by atoms with van der Waals surface area (Å²) in [5.74, 6) is 0.144. The zero-order valence-electron chi connectivity index (χ0n) is 15.1. The largest absolute Gasteiger partial charge is 0.308 e. The Kier molecular flexibility index (Phi) is 4.71. The summed E-state index contributed by atoms with van der Waals surface area (Å²) in [6, 6.07) is 10.6. The minimum Gasteiger partial charge on any atom is -0.308 e. The molecule has 134 valence electrons. The molecule has 0 saturated heterocycles. The highest BCUT2D eigenvalue weighted by Gasteiger charge is 2.33. The van der Waals surface area contributed by atoms with Gasteiger partial charge in [-0.3, -0.25) is 4.79 Å². The molecule has 2 aromatic heterocycles. The summed E-state index contributed by atoms with van der Waals surface area (Å²) in [4.78, 5) is 26.3. The van der Waals surface area contributed by atoms with Crippen LogP contribution in [-0.2, 0) is 17.6 Å². The average molecular weight is 384 g/mol. The van der Waals surface area contributed by atoms with Gasteiger partial charge < -0.3 is 4.90 Å². The number of carbonyl (C=O) groups excluding carboxylic acids is 1. The Morgan fingerprint density at radius 1 is 1.38 bits per heavy atom. The van der Waals surface area contributed by atoms with E-state index in [0.717, 1.165) is 33.8 Å². The standard InChI is InChI=1S/C20H21N3OS2/c1-4-15-10-16-18(21-11-22-19(16)26-15)25-13(3)20(24)23-12(2)9-14-7-5-6-8-17(14)23/h5-8,10-13H,4,9H2,1-3H3. The van der Waals surface area contributed by atoms with Crippen LogP contribution in [0.15, 0.2) is 41.7 Å². The number of thioether (sulfide) groups is 1. The molecule has 1 aromatic carbocycles. The number of carbonyl (C=O) groups is 1. The Balaban J connectivity index is 1.60. The minimum absolute atomic E-state index is 0.144. The molecule has 3 aromatic rings. The first-order valence-electron chi connectivity index (χ1n) is 8.89. The third-order valence-corrected chi connectivity index (χ3v) is 7.06. The Labute approximate surface area is 161 Å². The van der Waals surface area contributed by atoms with Crippen molar-refractivity contribution in [3.8, 4) is 0 Å². The number of benzene rings is 1. The molecule has 0 fully saturated rings. The summed E-state index contributed by atoms with van der Waals surface area (Å²) in [5, 5.41) is 1.76. The lowest BCUT2D eigenvalue weighted by Crippen LogP contribution is -2.40. The van der Waals surface area contributed by atoms with Crippen LogP contribution in [0.2, 0.25) is 0 Å². The fourth-order valence-electron chi connectivity index (χ4n) is 3.47. The summed E-state index contributed by atoms with van der Waals surface area (Å²) in [5.41, 5.74) is 2.30. The molecule has 0 saturated carbocycles. The number of rotatable bonds is 4. The highest BCUT2D eigenvalue weighted by molar-refractivity contribution is 8.00. The van der Waals surface area contributed by atoms with Gasteiger partial charge in [-0.1, -0.05) is 36.9 Å². The second-order valence-corrected chi connectivity index (χ2v) is 9.06. The minimum atomic E-state index is -0.202. The number of anilines is 1. The van der Waals surface area contributed by atoms with Crippen molar-refractivity contribution in [2.45, 2.75) is 49.9 Å². The SMILES string of the molecule is CCc1cc2c(SC(C)C(=O)N3c4ccccc4CC3C)ncnc2s1. The number of thiophene rings is 1. The molecule has 0 bridgehead atoms. The molecule has 1 aliphatic heterocycles. The van der Waals surface area contributed by atoms with E-state index in [1.54, 1.807) is 17.7 Å². The monoisotopic (exact) mass is 383 g/mol. The quantitative estimate of drug-likeness (QED) is 0.483. The highest BCUT2D eigenvalue weighted by atomic mass is 32.2. The first-order valence-corrected chi connectivity index (χ1v) is 10.6. The summed E-state index contributed by atoms with van der Waals surface area (Å²) in [7, 11) is 0. The molecule has 0 radical (unpaired) electrons. The summed E-state index contributed by atoms with van der Waals surface area (Å²) in [6.45, 7) is 6.23. The van der Waals surface area contributed by atoms with Crippen LogP contribution >= 0.6 is 23.1 Å². The van der Waals surface area contributed by atoms with Crippen molar-refractivity contribution in [2.75, 3.05) is 4.90 Å². The van der Waals surface area contributed by atoms with Crippen molar-refractivity contribution in [1.29, 1.82) is 0 Å². The number of fused-ring (bicyclic) bond motifs is 2. The van der Waals surface area contributed by atoms with Gasteiger partial charge in [0.25, 0.3) is 0 Å². The lowest BCUT2D eigenvalue weighted by atomic mass is 10.1. The molecule has 0 spiro atoms. The van der Waals surface area contributed by atoms with Crippen molar-refractivity contribution in [3.05, 3.63) is 47.1 Å². The lowest BCUT2D eigenvalue weighted by molar-refractivity contribution is -0.118. The molecule has 2 atom stereocenters. The van der Waals surface area contributed by atoms with Gasteiger partial charge in [-0.05, 0) is 44.4 Å². The topological polar surface area (TPSA) is 46.1 Å². The van der Waals surface area contributed by atoms with Crippen molar-refractivity contribution in [1.82, 2.24) is 9.97 Å². The summed E-state index contributed by atoms with van der Waals surface area (Å²) >= 11 is 3.24. The number of aryl methyl sites for hydroxylation is 1. The van der Waals surface area contributed by atoms with E-state index < -0.39 is 0 Å². The Morgan fingerprint density at radius 3 is 3.00 bits per heavy atom. The van der Waals surface area contributed by atoms with E-state index in [4.69, 9.17) is 0 Å². The zero-order chi connectivity index (χ0) is 18.3. The van der Waals surface area contributed by atoms with E-state index in [1.807, 2.05) is 30.0 Å². The van der Waals surface area contributed by atoms with Gasteiger partial charge in [-0.25, -0.2) is 9.97 Å². The fourth-order valence-corrected chi connectivity index (χ4v) is 5.41. The van der Waals surface area contributed by atoms with E-state index in [-0.39, 0.29) is 17.2 Å². The first-order chi connectivity index (χ1) is 12.6. The molecule has 1 aliphatic rings. The summed E-state index contributed by atoms with van der Waals surface area (Å²) in [6.07, 6.45) is 3.51. The maximum absolute atomic E-state index is 13.2. The van der Waals surface area contributed by atoms with E-state index >= 15 is 0 Å². The molecule has 2 unspecified atom stereocenters. The number of nitrogens with zero attached hydrogens (tertiary/aromatic N) is 3. The average Bonchev–Trinajstić information content (AvgIpc) is 3.21. The molecule has 6 heteroatoms. The van der Waals surface area contributed by atoms with Crippen molar-refractivity contribution < 1.29 is 4.79 Å². The number of hydrogen-bond donors (Lipinski definition) is 0. The van der Waals surface area contributed by atoms with Gasteiger partial charge in [0.1, 0.15) is 16.2 Å². The third-order valence-electron chi connectivity index (χ3n) is 4.77. The van der Waals surface area contributed by atoms with Gasteiger partial charge in [0, 0.05) is 22.0 Å². The van der Waals surface area contributed by atoms with Gasteiger partial charge in [0.15, 0.2) is 0 Å². The van der Waals surface area contributed by atoms with Gasteiger partial charge in [-0.2, -0.15) is 0 Å². The predicted octanol–water partition coefficient (Wildman–Crippen LogP) is 4.71. The number of amides is 1. The highest BCUT2D eigenvalue weighted by Crippen LogP contribution is 2.37. The van der Waals surface area contributed by atoms with Gasteiger partial charge in [0.05, 0.1) is 5.25 Å². The van der Waals surface area contributed by atoms with E-state index in [9.17, 15) is 4.79 Å². The lowest BCUT2D eigenvalue weighted by Gasteiger charge is -2.25. The Morgan fingerprint density at radius 2 is 2.19 bits per heavy atom. The van der Waals surface area contributed by atoms with Crippen LogP contribution in [0.4, 0.5) is 5.69 Å². The molecule has 0 N–H and O–H groups in total. The van der Waals surface area contributed by atoms with Gasteiger partial charge in [0.2, 0.25) is 5.91 Å². The number of hydrogen-bond acceptors (Lipinski definition) is 5. The zero-order valence-corrected chi connectivity index (χ0v) is 16.7. The van der Waals surface area contributed by atoms with E-state index in [1.165, 1.54) is 22.2 Å². The Hall–Kier alpha value is -1.92. The smallest absolute Gasteiger partial charge is 0.240 e. The molecule has 3 heterocycles. The molecule has 26 heavy (non-hydrogen) atoms. The van der Waals surface area contributed by atoms with Crippen LogP contribution in [0.25, 0.3) is 10.2 Å². The van der Waals surface area contributed by atoms with Crippen LogP contribution < -0.4 is 4.90 Å². The van der Waals surface area contributed by atoms with Crippen LogP contribution in [-0.4, -0.2) is 27.2 Å². The molecule has 4 rings (SSSR count). The number of para-hydroxylation sites is 1. The molecule has 1 amide bonds. The third kappa shape index (κ3) is 3.01. The second kappa shape index (κ2) is 7.00. The fraction of sp³-hybridized carbons (Fsp3) is 0.350. The van der Waals surface area contributed by atoms with Crippen molar-refractivity contribution in [3.63, 3.8) is 0 Å². The van der Waals surface area contributed by atoms with Gasteiger partial charge in [-0.15, -0.1) is 11.3 Å². The van der Waals surface area contributed by atoms with Crippen molar-refractivity contribution in [2.24, 2.45) is 0 Å². The molecular formula is C20H21N3OS2. The Bertz CT molecular complexity index is 969. The molecular weight excluding hydrogens is 362 g/mol. The van der Waals surface area contributed by atoms with Crippen LogP contribution in [0.3, 0.4) is 0 Å². The predicted molar refractivity (Wildman–Crippen MR) is 109 cm³/mol. The van der Waals surface area contributed by atoms with Gasteiger partial charge >= 0.3 is 0 Å². The maximum Gasteiger partial charge on any atom is 0.240 e. The van der Waals surface area contributed by atoms with Crippen LogP contribution in [0, 0.1) is 0 Å². The van der Waals surface area contributed by atoms with Crippen molar-refractivity contribution >= 4 is 44.9 Å². The maximum atomic E-state index is 13.2. The molecule has 0 aliphatic carbocycles. The number of aromatic nitrogens is 2. The second-order valence-electron chi connectivity index (χ2n) is 6.61. The van der Waals surface area contributed by atoms with Crippen LogP contribution in [0.1, 0.15) is 31.2 Å². The normalized spacial score (nSPS) is 17.5. The van der Waals surface area contributed by atoms with Crippen LogP contribution in [0.5, 0.6) is 0 Å². The first kappa shape index (κ1) is 17.5. The summed E-state index contributed by atoms with van der Waals surface area (Å²) < 4.78 is 0. The van der Waals surface area contributed by atoms with E-state index in [0.29, 0.717) is 0 Å². The van der Waals surface area contributed by atoms with E-state index in [2.05, 4.69) is 35.9 Å².